The average Bonchev–Trinajstić information content (AvgIpc) is 2.35. The SMILES string of the molecule is C=C[C@H](c1ccccc1)[C@@H](CCCC)[N+](=O)[O-]. The van der Waals surface area contributed by atoms with E-state index in [1.165, 1.54) is 0 Å². The van der Waals surface area contributed by atoms with Crippen molar-refractivity contribution >= 4 is 0 Å². The van der Waals surface area contributed by atoms with Crippen molar-refractivity contribution in [1.82, 2.24) is 0 Å². The van der Waals surface area contributed by atoms with Crippen LogP contribution in [0, 0.1) is 10.1 Å². The number of hydrogen-bond donors (Lipinski definition) is 0. The lowest BCUT2D eigenvalue weighted by Crippen LogP contribution is -2.26. The first-order valence-corrected chi connectivity index (χ1v) is 6.01. The van der Waals surface area contributed by atoms with Crippen LogP contribution in [0.3, 0.4) is 0 Å². The van der Waals surface area contributed by atoms with E-state index in [9.17, 15) is 10.1 Å². The van der Waals surface area contributed by atoms with Crippen molar-refractivity contribution in [2.75, 3.05) is 0 Å². The third-order valence-electron chi connectivity index (χ3n) is 2.98. The topological polar surface area (TPSA) is 43.1 Å². The number of benzene rings is 1. The van der Waals surface area contributed by atoms with E-state index >= 15 is 0 Å². The van der Waals surface area contributed by atoms with Gasteiger partial charge in [0, 0.05) is 11.3 Å². The number of rotatable bonds is 7. The molecule has 1 aromatic carbocycles. The largest absolute Gasteiger partial charge is 0.264 e. The zero-order valence-corrected chi connectivity index (χ0v) is 10.2. The van der Waals surface area contributed by atoms with Crippen LogP contribution < -0.4 is 0 Å². The molecule has 0 aliphatic heterocycles. The molecule has 0 N–H and O–H groups in total. The lowest BCUT2D eigenvalue weighted by Gasteiger charge is -2.17. The van der Waals surface area contributed by atoms with E-state index in [0.29, 0.717) is 6.42 Å². The molecule has 0 radical (unpaired) electrons. The molecular weight excluding hydrogens is 214 g/mol. The molecule has 92 valence electrons. The van der Waals surface area contributed by atoms with Gasteiger partial charge in [-0.25, -0.2) is 0 Å². The first-order chi connectivity index (χ1) is 8.20. The highest BCUT2D eigenvalue weighted by Gasteiger charge is 2.29. The normalized spacial score (nSPS) is 13.9. The predicted octanol–water partition coefficient (Wildman–Crippen LogP) is 3.79. The van der Waals surface area contributed by atoms with Gasteiger partial charge in [0.15, 0.2) is 0 Å². The van der Waals surface area contributed by atoms with Crippen molar-refractivity contribution in [3.8, 4) is 0 Å². The van der Waals surface area contributed by atoms with Crippen molar-refractivity contribution in [2.45, 2.75) is 38.1 Å². The lowest BCUT2D eigenvalue weighted by atomic mass is 9.89. The molecule has 1 rings (SSSR count). The summed E-state index contributed by atoms with van der Waals surface area (Å²) in [6.07, 6.45) is 4.15. The Kier molecular flexibility index (Phi) is 5.40. The minimum Gasteiger partial charge on any atom is -0.264 e. The fraction of sp³-hybridized carbons (Fsp3) is 0.429. The first kappa shape index (κ1) is 13.4. The molecule has 1 aromatic rings. The van der Waals surface area contributed by atoms with Crippen LogP contribution in [0.1, 0.15) is 37.7 Å². The molecule has 2 atom stereocenters. The summed E-state index contributed by atoms with van der Waals surface area (Å²) < 4.78 is 0. The number of unbranched alkanes of at least 4 members (excludes halogenated alkanes) is 1. The molecule has 0 aliphatic carbocycles. The zero-order valence-electron chi connectivity index (χ0n) is 10.2. The summed E-state index contributed by atoms with van der Waals surface area (Å²) in [5, 5.41) is 11.1. The average molecular weight is 233 g/mol. The van der Waals surface area contributed by atoms with Crippen molar-refractivity contribution < 1.29 is 4.92 Å². The Morgan fingerprint density at radius 3 is 2.53 bits per heavy atom. The van der Waals surface area contributed by atoms with E-state index in [1.807, 2.05) is 37.3 Å². The Bertz CT molecular complexity index is 362. The maximum absolute atomic E-state index is 11.1. The second-order valence-corrected chi connectivity index (χ2v) is 4.17. The van der Waals surface area contributed by atoms with E-state index in [1.54, 1.807) is 6.08 Å². The van der Waals surface area contributed by atoms with Crippen molar-refractivity contribution in [3.05, 3.63) is 58.7 Å². The first-order valence-electron chi connectivity index (χ1n) is 6.01. The Morgan fingerprint density at radius 2 is 2.06 bits per heavy atom. The van der Waals surface area contributed by atoms with Gasteiger partial charge >= 0.3 is 0 Å². The summed E-state index contributed by atoms with van der Waals surface area (Å²) in [5.41, 5.74) is 0.973. The fourth-order valence-electron chi connectivity index (χ4n) is 2.02. The van der Waals surface area contributed by atoms with Gasteiger partial charge in [-0.2, -0.15) is 0 Å². The van der Waals surface area contributed by atoms with Crippen LogP contribution in [-0.4, -0.2) is 11.0 Å². The quantitative estimate of drug-likeness (QED) is 0.408. The summed E-state index contributed by atoms with van der Waals surface area (Å²) in [7, 11) is 0. The minimum absolute atomic E-state index is 0.172. The van der Waals surface area contributed by atoms with Crippen molar-refractivity contribution in [3.63, 3.8) is 0 Å². The second-order valence-electron chi connectivity index (χ2n) is 4.17. The van der Waals surface area contributed by atoms with Crippen LogP contribution in [0.4, 0.5) is 0 Å². The second kappa shape index (κ2) is 6.84. The van der Waals surface area contributed by atoms with Gasteiger partial charge in [-0.15, -0.1) is 6.58 Å². The smallest absolute Gasteiger partial charge is 0.223 e. The Balaban J connectivity index is 2.89. The molecule has 0 amide bonds. The van der Waals surface area contributed by atoms with Crippen LogP contribution >= 0.6 is 0 Å². The van der Waals surface area contributed by atoms with Gasteiger partial charge in [0.1, 0.15) is 0 Å². The van der Waals surface area contributed by atoms with E-state index in [0.717, 1.165) is 18.4 Å². The molecule has 0 bridgehead atoms. The van der Waals surface area contributed by atoms with Gasteiger partial charge in [-0.3, -0.25) is 10.1 Å². The molecule has 0 fully saturated rings. The zero-order chi connectivity index (χ0) is 12.7. The molecule has 3 heteroatoms. The van der Waals surface area contributed by atoms with Crippen LogP contribution in [-0.2, 0) is 0 Å². The Morgan fingerprint density at radius 1 is 1.41 bits per heavy atom. The molecule has 0 saturated carbocycles. The Hall–Kier alpha value is -1.64. The Labute approximate surface area is 102 Å². The molecule has 0 aromatic heterocycles. The van der Waals surface area contributed by atoms with Gasteiger partial charge in [-0.1, -0.05) is 49.8 Å². The molecule has 0 spiro atoms. The highest BCUT2D eigenvalue weighted by molar-refractivity contribution is 5.24. The van der Waals surface area contributed by atoms with Gasteiger partial charge in [0.05, 0.1) is 5.92 Å². The van der Waals surface area contributed by atoms with E-state index in [4.69, 9.17) is 0 Å². The van der Waals surface area contributed by atoms with E-state index < -0.39 is 6.04 Å². The lowest BCUT2D eigenvalue weighted by molar-refractivity contribution is -0.525. The molecule has 3 nitrogen and oxygen atoms in total. The number of nitrogens with zero attached hydrogens (tertiary/aromatic N) is 1. The van der Waals surface area contributed by atoms with Crippen LogP contribution in [0.2, 0.25) is 0 Å². The summed E-state index contributed by atoms with van der Waals surface area (Å²) in [4.78, 5) is 11.0. The van der Waals surface area contributed by atoms with Gasteiger partial charge in [-0.05, 0) is 12.0 Å². The fourth-order valence-corrected chi connectivity index (χ4v) is 2.02. The van der Waals surface area contributed by atoms with Crippen LogP contribution in [0.5, 0.6) is 0 Å². The molecule has 17 heavy (non-hydrogen) atoms. The highest BCUT2D eigenvalue weighted by atomic mass is 16.6. The maximum Gasteiger partial charge on any atom is 0.223 e. The number of hydrogen-bond acceptors (Lipinski definition) is 2. The third-order valence-corrected chi connectivity index (χ3v) is 2.98. The van der Waals surface area contributed by atoms with Crippen LogP contribution in [0.15, 0.2) is 43.0 Å². The standard InChI is InChI=1S/C14H19NO2/c1-3-5-11-14(15(16)17)13(4-2)12-9-7-6-8-10-12/h4,6-10,13-14H,2-3,5,11H2,1H3/t13-,14-/m1/s1. The molecule has 0 unspecified atom stereocenters. The van der Waals surface area contributed by atoms with Gasteiger partial charge in [0.25, 0.3) is 0 Å². The highest BCUT2D eigenvalue weighted by Crippen LogP contribution is 2.26. The molecule has 0 aliphatic rings. The van der Waals surface area contributed by atoms with E-state index in [-0.39, 0.29) is 10.8 Å². The molecule has 0 heterocycles. The predicted molar refractivity (Wildman–Crippen MR) is 69.7 cm³/mol. The van der Waals surface area contributed by atoms with Crippen molar-refractivity contribution in [1.29, 1.82) is 0 Å². The van der Waals surface area contributed by atoms with Crippen LogP contribution in [0.25, 0.3) is 0 Å². The number of nitro groups is 1. The summed E-state index contributed by atoms with van der Waals surface area (Å²) in [6, 6.07) is 9.01. The minimum atomic E-state index is -0.560. The van der Waals surface area contributed by atoms with Gasteiger partial charge in [0.2, 0.25) is 6.04 Å². The molecular formula is C14H19NO2. The van der Waals surface area contributed by atoms with Crippen molar-refractivity contribution in [2.24, 2.45) is 0 Å². The molecule has 0 saturated heterocycles. The third kappa shape index (κ3) is 3.70. The summed E-state index contributed by atoms with van der Waals surface area (Å²) >= 11 is 0. The maximum atomic E-state index is 11.1. The monoisotopic (exact) mass is 233 g/mol. The summed E-state index contributed by atoms with van der Waals surface area (Å²) in [6.45, 7) is 5.79. The van der Waals surface area contributed by atoms with Gasteiger partial charge < -0.3 is 0 Å². The van der Waals surface area contributed by atoms with E-state index in [2.05, 4.69) is 6.58 Å². The summed E-state index contributed by atoms with van der Waals surface area (Å²) in [5.74, 6) is -0.197.